The molecule has 1 heterocycles. The van der Waals surface area contributed by atoms with Gasteiger partial charge in [-0.05, 0) is 54.1 Å². The zero-order chi connectivity index (χ0) is 18.6. The van der Waals surface area contributed by atoms with E-state index < -0.39 is 16.0 Å². The van der Waals surface area contributed by atoms with E-state index in [-0.39, 0.29) is 4.90 Å². The van der Waals surface area contributed by atoms with Crippen molar-refractivity contribution in [1.29, 1.82) is 0 Å². The van der Waals surface area contributed by atoms with Crippen LogP contribution in [0.15, 0.2) is 78.0 Å². The van der Waals surface area contributed by atoms with Crippen molar-refractivity contribution in [2.75, 3.05) is 4.72 Å². The summed E-state index contributed by atoms with van der Waals surface area (Å²) in [4.78, 5) is 10.6. The maximum absolute atomic E-state index is 12.5. The van der Waals surface area contributed by atoms with Crippen LogP contribution in [-0.2, 0) is 14.8 Å². The lowest BCUT2D eigenvalue weighted by Crippen LogP contribution is -2.12. The second kappa shape index (κ2) is 7.24. The largest absolute Gasteiger partial charge is 0.478 e. The van der Waals surface area contributed by atoms with Crippen LogP contribution in [0.1, 0.15) is 5.56 Å². The molecule has 8 heteroatoms. The molecule has 0 aliphatic rings. The molecule has 0 atom stereocenters. The Labute approximate surface area is 150 Å². The summed E-state index contributed by atoms with van der Waals surface area (Å²) in [6.07, 6.45) is 5.83. The number of benzene rings is 2. The fourth-order valence-electron chi connectivity index (χ4n) is 2.24. The van der Waals surface area contributed by atoms with Crippen molar-refractivity contribution in [3.8, 4) is 5.69 Å². The normalized spacial score (nSPS) is 11.5. The zero-order valence-electron chi connectivity index (χ0n) is 13.5. The van der Waals surface area contributed by atoms with E-state index >= 15 is 0 Å². The number of carboxylic acid groups (broad SMARTS) is 1. The van der Waals surface area contributed by atoms with Crippen LogP contribution in [0, 0.1) is 0 Å². The molecule has 0 amide bonds. The summed E-state index contributed by atoms with van der Waals surface area (Å²) in [6.45, 7) is 0. The van der Waals surface area contributed by atoms with Gasteiger partial charge in [0.1, 0.15) is 0 Å². The lowest BCUT2D eigenvalue weighted by molar-refractivity contribution is -0.131. The minimum absolute atomic E-state index is 0.0844. The number of sulfonamides is 1. The molecule has 0 radical (unpaired) electrons. The number of anilines is 1. The van der Waals surface area contributed by atoms with Gasteiger partial charge in [0.15, 0.2) is 0 Å². The van der Waals surface area contributed by atoms with Crippen LogP contribution in [0.2, 0.25) is 0 Å². The molecular formula is C18H15N3O4S. The van der Waals surface area contributed by atoms with Crippen molar-refractivity contribution in [1.82, 2.24) is 9.78 Å². The molecule has 3 aromatic rings. The van der Waals surface area contributed by atoms with Crippen LogP contribution in [0.4, 0.5) is 5.69 Å². The van der Waals surface area contributed by atoms with Crippen LogP contribution >= 0.6 is 0 Å². The Morgan fingerprint density at radius 1 is 1.08 bits per heavy atom. The highest BCUT2D eigenvalue weighted by atomic mass is 32.2. The first-order chi connectivity index (χ1) is 12.4. The van der Waals surface area contributed by atoms with Crippen LogP contribution in [-0.4, -0.2) is 29.3 Å². The van der Waals surface area contributed by atoms with Gasteiger partial charge in [0.05, 0.1) is 10.6 Å². The van der Waals surface area contributed by atoms with E-state index in [0.29, 0.717) is 11.3 Å². The molecule has 1 aromatic heterocycles. The Hall–Kier alpha value is -3.39. The van der Waals surface area contributed by atoms with E-state index in [0.717, 1.165) is 11.8 Å². The fourth-order valence-corrected chi connectivity index (χ4v) is 3.30. The van der Waals surface area contributed by atoms with E-state index in [4.69, 9.17) is 5.11 Å². The number of rotatable bonds is 6. The molecule has 26 heavy (non-hydrogen) atoms. The first-order valence-electron chi connectivity index (χ1n) is 7.58. The average molecular weight is 369 g/mol. The highest BCUT2D eigenvalue weighted by molar-refractivity contribution is 7.92. The Morgan fingerprint density at radius 2 is 1.77 bits per heavy atom. The maximum Gasteiger partial charge on any atom is 0.328 e. The second-order valence-corrected chi connectivity index (χ2v) is 7.03. The van der Waals surface area contributed by atoms with E-state index in [9.17, 15) is 13.2 Å². The zero-order valence-corrected chi connectivity index (χ0v) is 14.3. The van der Waals surface area contributed by atoms with Gasteiger partial charge < -0.3 is 5.11 Å². The van der Waals surface area contributed by atoms with Crippen molar-refractivity contribution in [2.45, 2.75) is 4.90 Å². The molecule has 0 saturated carbocycles. The fraction of sp³-hybridized carbons (Fsp3) is 0. The van der Waals surface area contributed by atoms with Crippen molar-refractivity contribution in [3.63, 3.8) is 0 Å². The number of carbonyl (C=O) groups is 1. The van der Waals surface area contributed by atoms with Crippen LogP contribution in [0.25, 0.3) is 11.8 Å². The molecule has 132 valence electrons. The predicted octanol–water partition coefficient (Wildman–Crippen LogP) is 2.77. The van der Waals surface area contributed by atoms with Gasteiger partial charge in [-0.3, -0.25) is 4.72 Å². The summed E-state index contributed by atoms with van der Waals surface area (Å²) in [7, 11) is -3.74. The summed E-state index contributed by atoms with van der Waals surface area (Å²) < 4.78 is 29.1. The van der Waals surface area contributed by atoms with Gasteiger partial charge in [-0.1, -0.05) is 12.1 Å². The lowest BCUT2D eigenvalue weighted by atomic mass is 10.2. The molecule has 0 bridgehead atoms. The third-order valence-corrected chi connectivity index (χ3v) is 4.89. The number of nitrogens with zero attached hydrogens (tertiary/aromatic N) is 2. The molecule has 2 N–H and O–H groups in total. The molecule has 0 spiro atoms. The quantitative estimate of drug-likeness (QED) is 0.651. The lowest BCUT2D eigenvalue weighted by Gasteiger charge is -2.09. The monoisotopic (exact) mass is 369 g/mol. The predicted molar refractivity (Wildman–Crippen MR) is 97.5 cm³/mol. The molecule has 0 unspecified atom stereocenters. The minimum atomic E-state index is -3.74. The number of carboxylic acids is 1. The highest BCUT2D eigenvalue weighted by Crippen LogP contribution is 2.18. The van der Waals surface area contributed by atoms with Gasteiger partial charge in [-0.25, -0.2) is 17.9 Å². The van der Waals surface area contributed by atoms with Gasteiger partial charge in [-0.15, -0.1) is 0 Å². The SMILES string of the molecule is O=C(O)/C=C/c1ccc(S(=O)(=O)Nc2ccc(-n3cccn3)cc2)cc1. The molecule has 7 nitrogen and oxygen atoms in total. The van der Waals surface area contributed by atoms with Crippen LogP contribution in [0.5, 0.6) is 0 Å². The third kappa shape index (κ3) is 4.17. The summed E-state index contributed by atoms with van der Waals surface area (Å²) in [5, 5.41) is 12.7. The average Bonchev–Trinajstić information content (AvgIpc) is 3.15. The van der Waals surface area contributed by atoms with Gasteiger partial charge >= 0.3 is 5.97 Å². The van der Waals surface area contributed by atoms with Crippen molar-refractivity contribution in [3.05, 3.63) is 78.6 Å². The van der Waals surface area contributed by atoms with Gasteiger partial charge in [-0.2, -0.15) is 5.10 Å². The van der Waals surface area contributed by atoms with E-state index in [2.05, 4.69) is 9.82 Å². The summed E-state index contributed by atoms with van der Waals surface area (Å²) in [6, 6.07) is 14.5. The number of hydrogen-bond acceptors (Lipinski definition) is 4. The Bertz CT molecular complexity index is 1020. The highest BCUT2D eigenvalue weighted by Gasteiger charge is 2.14. The maximum atomic E-state index is 12.5. The first kappa shape index (κ1) is 17.4. The molecule has 0 aliphatic carbocycles. The Balaban J connectivity index is 1.75. The molecule has 3 rings (SSSR count). The summed E-state index contributed by atoms with van der Waals surface area (Å²) >= 11 is 0. The molecule has 2 aromatic carbocycles. The number of aliphatic carboxylic acids is 1. The summed E-state index contributed by atoms with van der Waals surface area (Å²) in [5.74, 6) is -1.07. The first-order valence-corrected chi connectivity index (χ1v) is 9.06. The number of aromatic nitrogens is 2. The van der Waals surface area contributed by atoms with Crippen molar-refractivity contribution in [2.24, 2.45) is 0 Å². The molecule has 0 saturated heterocycles. The topological polar surface area (TPSA) is 101 Å². The Kier molecular flexibility index (Phi) is 4.85. The third-order valence-electron chi connectivity index (χ3n) is 3.50. The van der Waals surface area contributed by atoms with Crippen molar-refractivity contribution < 1.29 is 18.3 Å². The second-order valence-electron chi connectivity index (χ2n) is 5.34. The van der Waals surface area contributed by atoms with Gasteiger partial charge in [0, 0.05) is 24.2 Å². The smallest absolute Gasteiger partial charge is 0.328 e. The molecular weight excluding hydrogens is 354 g/mol. The molecule has 0 fully saturated rings. The standard InChI is InChI=1S/C18H15N3O4S/c22-18(23)11-4-14-2-9-17(10-3-14)26(24,25)20-15-5-7-16(8-6-15)21-13-1-12-19-21/h1-13,20H,(H,22,23)/b11-4+. The van der Waals surface area contributed by atoms with Crippen molar-refractivity contribution >= 4 is 27.8 Å². The van der Waals surface area contributed by atoms with Crippen LogP contribution in [0.3, 0.4) is 0 Å². The minimum Gasteiger partial charge on any atom is -0.478 e. The van der Waals surface area contributed by atoms with Gasteiger partial charge in [0.2, 0.25) is 0 Å². The van der Waals surface area contributed by atoms with E-state index in [1.54, 1.807) is 47.4 Å². The van der Waals surface area contributed by atoms with Gasteiger partial charge in [0.25, 0.3) is 10.0 Å². The van der Waals surface area contributed by atoms with E-state index in [1.165, 1.54) is 30.3 Å². The summed E-state index contributed by atoms with van der Waals surface area (Å²) in [5.41, 5.74) is 1.83. The van der Waals surface area contributed by atoms with E-state index in [1.807, 2.05) is 0 Å². The number of hydrogen-bond donors (Lipinski definition) is 2. The molecule has 0 aliphatic heterocycles. The number of nitrogens with one attached hydrogen (secondary N) is 1. The van der Waals surface area contributed by atoms with Crippen LogP contribution < -0.4 is 4.72 Å². The Morgan fingerprint density at radius 3 is 2.35 bits per heavy atom.